The fourth-order valence-corrected chi connectivity index (χ4v) is 2.10. The average molecular weight is 282 g/mol. The molecule has 0 fully saturated rings. The summed E-state index contributed by atoms with van der Waals surface area (Å²) in [7, 11) is 0. The van der Waals surface area contributed by atoms with Crippen molar-refractivity contribution in [2.45, 2.75) is 19.8 Å². The standard InChI is InChI=1S/C18H18O3/c1-2-21-18(20)12-11-17(19)16-10-6-9-15(13-16)14-7-4-3-5-8-14/h3-10,13H,2,11-12H2,1H3. The second kappa shape index (κ2) is 7.39. The number of ketones is 1. The summed E-state index contributed by atoms with van der Waals surface area (Å²) in [5, 5.41) is 0. The molecular formula is C18H18O3. The summed E-state index contributed by atoms with van der Waals surface area (Å²) < 4.78 is 4.83. The summed E-state index contributed by atoms with van der Waals surface area (Å²) in [5.41, 5.74) is 2.69. The van der Waals surface area contributed by atoms with Crippen LogP contribution in [0.3, 0.4) is 0 Å². The Bertz CT molecular complexity index is 617. The first-order valence-corrected chi connectivity index (χ1v) is 7.05. The number of ether oxygens (including phenoxy) is 1. The van der Waals surface area contributed by atoms with Crippen molar-refractivity contribution in [1.29, 1.82) is 0 Å². The molecule has 0 aliphatic carbocycles. The van der Waals surface area contributed by atoms with E-state index in [1.165, 1.54) is 0 Å². The number of carbonyl (C=O) groups excluding carboxylic acids is 2. The van der Waals surface area contributed by atoms with E-state index in [-0.39, 0.29) is 24.6 Å². The van der Waals surface area contributed by atoms with Crippen molar-refractivity contribution in [1.82, 2.24) is 0 Å². The largest absolute Gasteiger partial charge is 0.466 e. The fraction of sp³-hybridized carbons (Fsp3) is 0.222. The highest BCUT2D eigenvalue weighted by atomic mass is 16.5. The van der Waals surface area contributed by atoms with Crippen molar-refractivity contribution in [2.24, 2.45) is 0 Å². The molecule has 0 bridgehead atoms. The van der Waals surface area contributed by atoms with Gasteiger partial charge in [-0.3, -0.25) is 9.59 Å². The van der Waals surface area contributed by atoms with E-state index in [9.17, 15) is 9.59 Å². The van der Waals surface area contributed by atoms with Crippen molar-refractivity contribution < 1.29 is 14.3 Å². The van der Waals surface area contributed by atoms with E-state index in [4.69, 9.17) is 4.74 Å². The molecule has 0 heterocycles. The number of benzene rings is 2. The minimum absolute atomic E-state index is 0.0409. The lowest BCUT2D eigenvalue weighted by molar-refractivity contribution is -0.143. The third-order valence-corrected chi connectivity index (χ3v) is 3.15. The van der Waals surface area contributed by atoms with Crippen molar-refractivity contribution in [3.8, 4) is 11.1 Å². The molecule has 0 aliphatic rings. The monoisotopic (exact) mass is 282 g/mol. The maximum Gasteiger partial charge on any atom is 0.306 e. The topological polar surface area (TPSA) is 43.4 Å². The number of hydrogen-bond donors (Lipinski definition) is 0. The van der Waals surface area contributed by atoms with E-state index in [0.717, 1.165) is 11.1 Å². The zero-order valence-electron chi connectivity index (χ0n) is 12.0. The van der Waals surface area contributed by atoms with Gasteiger partial charge in [-0.25, -0.2) is 0 Å². The Morgan fingerprint density at radius 3 is 2.33 bits per heavy atom. The summed E-state index contributed by atoms with van der Waals surface area (Å²) >= 11 is 0. The van der Waals surface area contributed by atoms with E-state index in [2.05, 4.69) is 0 Å². The first-order chi connectivity index (χ1) is 10.2. The second-order valence-corrected chi connectivity index (χ2v) is 4.68. The molecule has 2 aromatic carbocycles. The Kier molecular flexibility index (Phi) is 5.27. The molecule has 0 aromatic heterocycles. The molecule has 0 amide bonds. The zero-order chi connectivity index (χ0) is 15.1. The van der Waals surface area contributed by atoms with Crippen molar-refractivity contribution >= 4 is 11.8 Å². The highest BCUT2D eigenvalue weighted by Gasteiger charge is 2.10. The van der Waals surface area contributed by atoms with Crippen molar-refractivity contribution in [2.75, 3.05) is 6.61 Å². The number of rotatable bonds is 6. The normalized spacial score (nSPS) is 10.1. The lowest BCUT2D eigenvalue weighted by Gasteiger charge is -2.05. The molecule has 0 spiro atoms. The zero-order valence-corrected chi connectivity index (χ0v) is 12.0. The van der Waals surface area contributed by atoms with Gasteiger partial charge in [-0.15, -0.1) is 0 Å². The van der Waals surface area contributed by atoms with E-state index in [1.54, 1.807) is 13.0 Å². The van der Waals surface area contributed by atoms with Crippen LogP contribution in [0.1, 0.15) is 30.1 Å². The van der Waals surface area contributed by atoms with E-state index < -0.39 is 0 Å². The van der Waals surface area contributed by atoms with Gasteiger partial charge in [0.15, 0.2) is 5.78 Å². The number of carbonyl (C=O) groups is 2. The maximum absolute atomic E-state index is 12.1. The number of hydrogen-bond acceptors (Lipinski definition) is 3. The first kappa shape index (κ1) is 15.0. The van der Waals surface area contributed by atoms with Gasteiger partial charge in [-0.2, -0.15) is 0 Å². The van der Waals surface area contributed by atoms with E-state index >= 15 is 0 Å². The van der Waals surface area contributed by atoms with Gasteiger partial charge < -0.3 is 4.74 Å². The molecular weight excluding hydrogens is 264 g/mol. The Morgan fingerprint density at radius 1 is 0.905 bits per heavy atom. The maximum atomic E-state index is 12.1. The van der Waals surface area contributed by atoms with Crippen molar-refractivity contribution in [3.05, 3.63) is 60.2 Å². The summed E-state index contributed by atoms with van der Waals surface area (Å²) in [4.78, 5) is 23.4. The molecule has 2 rings (SSSR count). The predicted octanol–water partition coefficient (Wildman–Crippen LogP) is 3.88. The lowest BCUT2D eigenvalue weighted by atomic mass is 10.00. The minimum atomic E-state index is -0.329. The van der Waals surface area contributed by atoms with Crippen LogP contribution in [0.15, 0.2) is 54.6 Å². The summed E-state index contributed by atoms with van der Waals surface area (Å²) in [6.45, 7) is 2.10. The van der Waals surface area contributed by atoms with E-state index in [0.29, 0.717) is 12.2 Å². The van der Waals surface area contributed by atoms with Gasteiger partial charge >= 0.3 is 5.97 Å². The first-order valence-electron chi connectivity index (χ1n) is 7.05. The Balaban J connectivity index is 2.07. The van der Waals surface area contributed by atoms with Crippen LogP contribution in [0, 0.1) is 0 Å². The third-order valence-electron chi connectivity index (χ3n) is 3.15. The SMILES string of the molecule is CCOC(=O)CCC(=O)c1cccc(-c2ccccc2)c1. The van der Waals surface area contributed by atoms with Crippen LogP contribution in [0.4, 0.5) is 0 Å². The number of Topliss-reactive ketones (excluding diaryl/α,β-unsaturated/α-hetero) is 1. The average Bonchev–Trinajstić information content (AvgIpc) is 2.54. The Morgan fingerprint density at radius 2 is 1.62 bits per heavy atom. The molecule has 0 N–H and O–H groups in total. The summed E-state index contributed by atoms with van der Waals surface area (Å²) in [6.07, 6.45) is 0.305. The molecule has 0 radical (unpaired) electrons. The van der Waals surface area contributed by atoms with Gasteiger partial charge in [-0.05, 0) is 24.1 Å². The van der Waals surface area contributed by atoms with Gasteiger partial charge in [0, 0.05) is 12.0 Å². The highest BCUT2D eigenvalue weighted by Crippen LogP contribution is 2.20. The highest BCUT2D eigenvalue weighted by molar-refractivity contribution is 5.98. The molecule has 3 heteroatoms. The molecule has 0 aliphatic heterocycles. The van der Waals surface area contributed by atoms with Crippen LogP contribution in [-0.4, -0.2) is 18.4 Å². The molecule has 21 heavy (non-hydrogen) atoms. The van der Waals surface area contributed by atoms with Gasteiger partial charge in [0.2, 0.25) is 0 Å². The van der Waals surface area contributed by atoms with Gasteiger partial charge in [0.05, 0.1) is 13.0 Å². The molecule has 108 valence electrons. The molecule has 0 unspecified atom stereocenters. The quantitative estimate of drug-likeness (QED) is 0.596. The van der Waals surface area contributed by atoms with Gasteiger partial charge in [0.1, 0.15) is 0 Å². The smallest absolute Gasteiger partial charge is 0.306 e. The summed E-state index contributed by atoms with van der Waals surface area (Å²) in [5.74, 6) is -0.370. The van der Waals surface area contributed by atoms with Crippen LogP contribution in [-0.2, 0) is 9.53 Å². The number of esters is 1. The summed E-state index contributed by atoms with van der Waals surface area (Å²) in [6, 6.07) is 17.4. The van der Waals surface area contributed by atoms with Crippen LogP contribution < -0.4 is 0 Å². The molecule has 2 aromatic rings. The Hall–Kier alpha value is -2.42. The second-order valence-electron chi connectivity index (χ2n) is 4.68. The van der Waals surface area contributed by atoms with Gasteiger partial charge in [0.25, 0.3) is 0 Å². The molecule has 3 nitrogen and oxygen atoms in total. The Labute approximate surface area is 124 Å². The molecule has 0 saturated carbocycles. The van der Waals surface area contributed by atoms with Crippen molar-refractivity contribution in [3.63, 3.8) is 0 Å². The molecule has 0 saturated heterocycles. The van der Waals surface area contributed by atoms with Crippen LogP contribution in [0.2, 0.25) is 0 Å². The van der Waals surface area contributed by atoms with E-state index in [1.807, 2.05) is 48.5 Å². The van der Waals surface area contributed by atoms with Crippen LogP contribution in [0.25, 0.3) is 11.1 Å². The third kappa shape index (κ3) is 4.28. The minimum Gasteiger partial charge on any atom is -0.466 e. The molecule has 0 atom stereocenters. The van der Waals surface area contributed by atoms with Gasteiger partial charge in [-0.1, -0.05) is 48.5 Å². The fourth-order valence-electron chi connectivity index (χ4n) is 2.10. The predicted molar refractivity (Wildman–Crippen MR) is 82.1 cm³/mol. The van der Waals surface area contributed by atoms with Crippen LogP contribution >= 0.6 is 0 Å². The lowest BCUT2D eigenvalue weighted by Crippen LogP contribution is -2.08. The van der Waals surface area contributed by atoms with Crippen LogP contribution in [0.5, 0.6) is 0 Å².